The minimum Gasteiger partial charge on any atom is -0.309 e. The maximum Gasteiger partial charge on any atom is 0.159 e. The van der Waals surface area contributed by atoms with Gasteiger partial charge in [-0.25, -0.2) is 19.9 Å². The molecular weight excluding hydrogens is 661 g/mol. The summed E-state index contributed by atoms with van der Waals surface area (Å²) >= 11 is 0. The van der Waals surface area contributed by atoms with Gasteiger partial charge in [0.25, 0.3) is 0 Å². The van der Waals surface area contributed by atoms with Crippen LogP contribution in [0, 0.1) is 0 Å². The van der Waals surface area contributed by atoms with Gasteiger partial charge in [-0.2, -0.15) is 0 Å². The van der Waals surface area contributed by atoms with Crippen LogP contribution in [0.5, 0.6) is 0 Å². The van der Waals surface area contributed by atoms with Gasteiger partial charge in [-0.1, -0.05) is 36.4 Å². The summed E-state index contributed by atoms with van der Waals surface area (Å²) in [6.45, 7) is 0. The lowest BCUT2D eigenvalue weighted by Crippen LogP contribution is -2.16. The van der Waals surface area contributed by atoms with E-state index in [0.29, 0.717) is 0 Å². The van der Waals surface area contributed by atoms with Crippen LogP contribution in [0.3, 0.4) is 0 Å². The first-order valence-electron chi connectivity index (χ1n) is 18.7. The zero-order chi connectivity index (χ0) is 35.3. The fourth-order valence-corrected chi connectivity index (χ4v) is 9.52. The number of hydrogen-bond acceptors (Lipinski definition) is 4. The average molecular weight is 693 g/mol. The first-order chi connectivity index (χ1) is 26.8. The summed E-state index contributed by atoms with van der Waals surface area (Å²) in [7, 11) is 0. The third-order valence-electron chi connectivity index (χ3n) is 11.7. The van der Waals surface area contributed by atoms with Crippen molar-refractivity contribution in [3.63, 3.8) is 0 Å². The van der Waals surface area contributed by atoms with Crippen molar-refractivity contribution in [3.8, 4) is 45.3 Å². The Morgan fingerprint density at radius 3 is 1.24 bits per heavy atom. The van der Waals surface area contributed by atoms with Crippen LogP contribution in [-0.4, -0.2) is 29.1 Å². The second kappa shape index (κ2) is 11.3. The highest BCUT2D eigenvalue weighted by molar-refractivity contribution is 6.16. The third-order valence-corrected chi connectivity index (χ3v) is 11.7. The molecular formula is C48H32N6. The van der Waals surface area contributed by atoms with Gasteiger partial charge in [0.05, 0.1) is 22.1 Å². The van der Waals surface area contributed by atoms with Crippen LogP contribution in [-0.2, 0) is 25.7 Å². The fourth-order valence-electron chi connectivity index (χ4n) is 9.52. The van der Waals surface area contributed by atoms with Crippen molar-refractivity contribution in [2.75, 3.05) is 0 Å². The Balaban J connectivity index is 1.17. The Morgan fingerprint density at radius 2 is 0.815 bits per heavy atom. The van der Waals surface area contributed by atoms with Crippen molar-refractivity contribution in [3.05, 3.63) is 168 Å². The number of aryl methyl sites for hydroxylation is 4. The van der Waals surface area contributed by atoms with Crippen LogP contribution in [0.25, 0.3) is 88.9 Å². The molecule has 2 aliphatic carbocycles. The van der Waals surface area contributed by atoms with Crippen LogP contribution >= 0.6 is 0 Å². The van der Waals surface area contributed by atoms with Crippen LogP contribution in [0.2, 0.25) is 0 Å². The molecule has 6 nitrogen and oxygen atoms in total. The second-order valence-corrected chi connectivity index (χ2v) is 14.5. The number of nitrogens with zero attached hydrogens (tertiary/aromatic N) is 6. The van der Waals surface area contributed by atoms with Crippen LogP contribution in [0.15, 0.2) is 146 Å². The molecule has 0 atom stereocenters. The lowest BCUT2D eigenvalue weighted by atomic mass is 9.74. The van der Waals surface area contributed by atoms with E-state index in [0.717, 1.165) is 48.5 Å². The van der Waals surface area contributed by atoms with E-state index in [1.165, 1.54) is 88.4 Å². The van der Waals surface area contributed by atoms with Gasteiger partial charge in [-0.3, -0.25) is 0 Å². The van der Waals surface area contributed by atoms with Gasteiger partial charge >= 0.3 is 0 Å². The molecule has 0 bridgehead atoms. The standard InChI is InChI=1S/C48H32N6/c1-3-9-33(10-4-1)53-41-19-15-31(47-49-21-7-22-50-47)27-37(41)39-25-29-13-14-30-26-40-38-28-32(48-51-23-8-24-52-48)16-20-42(38)54(34-11-5-2-6-12-34)46(40)36-18-17-35(45(39)53)43(29)44(30)36/h1-12,15-16,19-28H,13-14,17-18H2. The van der Waals surface area contributed by atoms with Gasteiger partial charge in [0, 0.05) is 68.8 Å². The Kier molecular flexibility index (Phi) is 6.20. The van der Waals surface area contributed by atoms with Gasteiger partial charge in [0.2, 0.25) is 0 Å². The molecule has 12 rings (SSSR count). The Morgan fingerprint density at radius 1 is 0.389 bits per heavy atom. The number of benzene rings is 6. The summed E-state index contributed by atoms with van der Waals surface area (Å²) in [4.78, 5) is 18.4. The quantitative estimate of drug-likeness (QED) is 0.184. The van der Waals surface area contributed by atoms with E-state index in [1.807, 2.05) is 36.9 Å². The predicted octanol–water partition coefficient (Wildman–Crippen LogP) is 10.7. The van der Waals surface area contributed by atoms with E-state index in [-0.39, 0.29) is 0 Å². The molecule has 4 heterocycles. The second-order valence-electron chi connectivity index (χ2n) is 14.5. The molecule has 6 aromatic carbocycles. The molecule has 0 N–H and O–H groups in total. The molecule has 0 unspecified atom stereocenters. The van der Waals surface area contributed by atoms with E-state index in [4.69, 9.17) is 0 Å². The number of hydrogen-bond donors (Lipinski definition) is 0. The van der Waals surface area contributed by atoms with Crippen molar-refractivity contribution >= 4 is 43.6 Å². The summed E-state index contributed by atoms with van der Waals surface area (Å²) in [6, 6.07) is 43.9. The van der Waals surface area contributed by atoms with E-state index < -0.39 is 0 Å². The lowest BCUT2D eigenvalue weighted by molar-refractivity contribution is 0.883. The van der Waals surface area contributed by atoms with Gasteiger partial charge in [0.15, 0.2) is 11.6 Å². The molecule has 0 radical (unpaired) electrons. The molecule has 4 aromatic heterocycles. The predicted molar refractivity (Wildman–Crippen MR) is 217 cm³/mol. The minimum atomic E-state index is 0.749. The molecule has 0 aliphatic heterocycles. The number of fused-ring (bicyclic) bond motifs is 8. The zero-order valence-electron chi connectivity index (χ0n) is 29.4. The van der Waals surface area contributed by atoms with Crippen LogP contribution in [0.4, 0.5) is 0 Å². The maximum absolute atomic E-state index is 4.60. The summed E-state index contributed by atoms with van der Waals surface area (Å²) in [6.07, 6.45) is 11.2. The monoisotopic (exact) mass is 692 g/mol. The van der Waals surface area contributed by atoms with Crippen molar-refractivity contribution in [1.29, 1.82) is 0 Å². The summed E-state index contributed by atoms with van der Waals surface area (Å²) < 4.78 is 5.00. The molecule has 0 fully saturated rings. The van der Waals surface area contributed by atoms with Crippen LogP contribution in [0.1, 0.15) is 22.3 Å². The van der Waals surface area contributed by atoms with Crippen molar-refractivity contribution < 1.29 is 0 Å². The SMILES string of the molecule is c1ccc(-n2c3ccc(-c4ncccn4)cc3c3cc4c5c(c32)CCc2c-5c(cc3c5cc(-c6ncccn6)ccc5n(-c5ccccc5)c23)CC4)cc1. The maximum atomic E-state index is 4.60. The van der Waals surface area contributed by atoms with E-state index in [2.05, 4.69) is 138 Å². The van der Waals surface area contributed by atoms with E-state index in [9.17, 15) is 0 Å². The lowest BCUT2D eigenvalue weighted by Gasteiger charge is -2.31. The van der Waals surface area contributed by atoms with E-state index >= 15 is 0 Å². The Labute approximate surface area is 311 Å². The molecule has 10 aromatic rings. The van der Waals surface area contributed by atoms with Crippen molar-refractivity contribution in [2.45, 2.75) is 25.7 Å². The van der Waals surface area contributed by atoms with Crippen LogP contribution < -0.4 is 0 Å². The largest absolute Gasteiger partial charge is 0.309 e. The zero-order valence-corrected chi connectivity index (χ0v) is 29.4. The molecule has 6 heteroatoms. The number of para-hydroxylation sites is 2. The number of aromatic nitrogens is 6. The normalized spacial score (nSPS) is 13.3. The molecule has 0 spiro atoms. The fraction of sp³-hybridized carbons (Fsp3) is 0.0833. The smallest absolute Gasteiger partial charge is 0.159 e. The number of rotatable bonds is 4. The molecule has 2 aliphatic rings. The summed E-state index contributed by atoms with van der Waals surface area (Å²) in [5.74, 6) is 1.50. The molecule has 0 amide bonds. The molecule has 54 heavy (non-hydrogen) atoms. The highest BCUT2D eigenvalue weighted by Crippen LogP contribution is 2.51. The van der Waals surface area contributed by atoms with Crippen molar-refractivity contribution in [2.24, 2.45) is 0 Å². The van der Waals surface area contributed by atoms with Crippen molar-refractivity contribution in [1.82, 2.24) is 29.1 Å². The van der Waals surface area contributed by atoms with Gasteiger partial charge in [-0.05, 0) is 144 Å². The molecule has 0 saturated carbocycles. The first-order valence-corrected chi connectivity index (χ1v) is 18.7. The molecule has 0 saturated heterocycles. The Bertz CT molecular complexity index is 2910. The van der Waals surface area contributed by atoms with Gasteiger partial charge in [0.1, 0.15) is 0 Å². The summed E-state index contributed by atoms with van der Waals surface area (Å²) in [5, 5.41) is 5.10. The average Bonchev–Trinajstić information content (AvgIpc) is 3.76. The first kappa shape index (κ1) is 29.6. The van der Waals surface area contributed by atoms with Gasteiger partial charge < -0.3 is 9.13 Å². The topological polar surface area (TPSA) is 61.4 Å². The van der Waals surface area contributed by atoms with Gasteiger partial charge in [-0.15, -0.1) is 0 Å². The summed E-state index contributed by atoms with van der Waals surface area (Å²) in [5.41, 5.74) is 18.2. The highest BCUT2D eigenvalue weighted by atomic mass is 15.0. The minimum absolute atomic E-state index is 0.749. The third kappa shape index (κ3) is 4.16. The Hall–Kier alpha value is -6.92. The van der Waals surface area contributed by atoms with E-state index in [1.54, 1.807) is 0 Å². The molecule has 254 valence electrons. The highest BCUT2D eigenvalue weighted by Gasteiger charge is 2.33.